The standard InChI is InChI=1S/C18H16F3NO3S/c1-2-22(10-12-3-8-15-16(9-12)25-11-24-15)17(23)13-4-6-14(7-5-13)26-18(19,20)21/h3-9H,2,10-11H2,1H3. The summed E-state index contributed by atoms with van der Waals surface area (Å²) in [6, 6.07) is 10.9. The molecule has 0 fully saturated rings. The molecule has 1 heterocycles. The SMILES string of the molecule is CCN(Cc1ccc2c(c1)OCO2)C(=O)c1ccc(SC(F)(F)F)cc1. The molecule has 2 aromatic carbocycles. The van der Waals surface area contributed by atoms with Gasteiger partial charge in [0.25, 0.3) is 5.91 Å². The lowest BCUT2D eigenvalue weighted by Crippen LogP contribution is -2.30. The quantitative estimate of drug-likeness (QED) is 0.703. The fourth-order valence-electron chi connectivity index (χ4n) is 2.57. The number of hydrogen-bond acceptors (Lipinski definition) is 4. The smallest absolute Gasteiger partial charge is 0.446 e. The number of ether oxygens (including phenoxy) is 2. The first-order chi connectivity index (χ1) is 12.4. The monoisotopic (exact) mass is 383 g/mol. The van der Waals surface area contributed by atoms with E-state index in [2.05, 4.69) is 0 Å². The molecule has 0 N–H and O–H groups in total. The molecule has 0 radical (unpaired) electrons. The van der Waals surface area contributed by atoms with Gasteiger partial charge in [0.05, 0.1) is 0 Å². The van der Waals surface area contributed by atoms with Crippen molar-refractivity contribution < 1.29 is 27.4 Å². The number of rotatable bonds is 5. The highest BCUT2D eigenvalue weighted by Gasteiger charge is 2.29. The molecule has 3 rings (SSSR count). The molecule has 2 aromatic rings. The van der Waals surface area contributed by atoms with Gasteiger partial charge in [0.2, 0.25) is 6.79 Å². The second-order valence-corrected chi connectivity index (χ2v) is 6.72. The Morgan fingerprint density at radius 2 is 1.81 bits per heavy atom. The van der Waals surface area contributed by atoms with Crippen LogP contribution in [0.2, 0.25) is 0 Å². The van der Waals surface area contributed by atoms with Crippen molar-refractivity contribution >= 4 is 17.7 Å². The van der Waals surface area contributed by atoms with Crippen molar-refractivity contribution in [1.29, 1.82) is 0 Å². The number of thioether (sulfide) groups is 1. The first kappa shape index (κ1) is 18.4. The molecule has 1 aliphatic heterocycles. The molecule has 0 unspecified atom stereocenters. The zero-order valence-electron chi connectivity index (χ0n) is 13.9. The van der Waals surface area contributed by atoms with Gasteiger partial charge in [-0.15, -0.1) is 0 Å². The second-order valence-electron chi connectivity index (χ2n) is 5.58. The maximum Gasteiger partial charge on any atom is 0.446 e. The molecule has 0 bridgehead atoms. The van der Waals surface area contributed by atoms with E-state index in [1.165, 1.54) is 24.3 Å². The highest BCUT2D eigenvalue weighted by molar-refractivity contribution is 8.00. The Morgan fingerprint density at radius 1 is 1.12 bits per heavy atom. The summed E-state index contributed by atoms with van der Waals surface area (Å²) in [5, 5.41) is 0. The molecule has 0 spiro atoms. The molecular formula is C18H16F3NO3S. The minimum Gasteiger partial charge on any atom is -0.454 e. The Bertz CT molecular complexity index is 793. The third-order valence-electron chi connectivity index (χ3n) is 3.81. The molecule has 0 atom stereocenters. The number of benzene rings is 2. The summed E-state index contributed by atoms with van der Waals surface area (Å²) in [4.78, 5) is 14.3. The van der Waals surface area contributed by atoms with E-state index in [0.717, 1.165) is 5.56 Å². The van der Waals surface area contributed by atoms with Crippen LogP contribution in [-0.2, 0) is 6.54 Å². The van der Waals surface area contributed by atoms with Crippen LogP contribution in [-0.4, -0.2) is 29.7 Å². The lowest BCUT2D eigenvalue weighted by molar-refractivity contribution is -0.0328. The summed E-state index contributed by atoms with van der Waals surface area (Å²) < 4.78 is 47.8. The summed E-state index contributed by atoms with van der Waals surface area (Å²) in [5.74, 6) is 1.06. The second kappa shape index (κ2) is 7.49. The molecule has 4 nitrogen and oxygen atoms in total. The average Bonchev–Trinajstić information content (AvgIpc) is 3.06. The predicted molar refractivity (Wildman–Crippen MR) is 91.3 cm³/mol. The minimum absolute atomic E-state index is 0.0490. The number of fused-ring (bicyclic) bond motifs is 1. The first-order valence-electron chi connectivity index (χ1n) is 7.89. The number of carbonyl (C=O) groups excluding carboxylic acids is 1. The van der Waals surface area contributed by atoms with E-state index in [1.54, 1.807) is 11.0 Å². The van der Waals surface area contributed by atoms with Crippen LogP contribution in [0, 0.1) is 0 Å². The summed E-state index contributed by atoms with van der Waals surface area (Å²) in [7, 11) is 0. The van der Waals surface area contributed by atoms with Crippen LogP contribution in [0.3, 0.4) is 0 Å². The lowest BCUT2D eigenvalue weighted by Gasteiger charge is -2.21. The molecule has 1 amide bonds. The molecule has 138 valence electrons. The van der Waals surface area contributed by atoms with Gasteiger partial charge in [-0.3, -0.25) is 4.79 Å². The Balaban J connectivity index is 1.70. The van der Waals surface area contributed by atoms with Crippen molar-refractivity contribution in [2.45, 2.75) is 23.9 Å². The van der Waals surface area contributed by atoms with Crippen molar-refractivity contribution in [2.24, 2.45) is 0 Å². The number of hydrogen-bond donors (Lipinski definition) is 0. The van der Waals surface area contributed by atoms with Gasteiger partial charge in [-0.25, -0.2) is 0 Å². The lowest BCUT2D eigenvalue weighted by atomic mass is 10.1. The van der Waals surface area contributed by atoms with Gasteiger partial charge < -0.3 is 14.4 Å². The molecule has 1 aliphatic rings. The Labute approximate surface area is 152 Å². The van der Waals surface area contributed by atoms with E-state index in [1.807, 2.05) is 19.1 Å². The van der Waals surface area contributed by atoms with E-state index in [9.17, 15) is 18.0 Å². The Hall–Kier alpha value is -2.35. The third-order valence-corrected chi connectivity index (χ3v) is 4.55. The third kappa shape index (κ3) is 4.43. The van der Waals surface area contributed by atoms with Crippen LogP contribution in [0.15, 0.2) is 47.4 Å². The maximum absolute atomic E-state index is 12.7. The molecule has 0 aromatic heterocycles. The van der Waals surface area contributed by atoms with E-state index in [-0.39, 0.29) is 29.4 Å². The topological polar surface area (TPSA) is 38.8 Å². The number of amides is 1. The maximum atomic E-state index is 12.7. The zero-order valence-corrected chi connectivity index (χ0v) is 14.7. The van der Waals surface area contributed by atoms with Gasteiger partial charge in [-0.05, 0) is 60.6 Å². The van der Waals surface area contributed by atoms with Crippen molar-refractivity contribution in [1.82, 2.24) is 4.90 Å². The van der Waals surface area contributed by atoms with Crippen LogP contribution in [0.25, 0.3) is 0 Å². The van der Waals surface area contributed by atoms with Crippen LogP contribution < -0.4 is 9.47 Å². The van der Waals surface area contributed by atoms with Crippen LogP contribution in [0.5, 0.6) is 11.5 Å². The Morgan fingerprint density at radius 3 is 2.46 bits per heavy atom. The highest BCUT2D eigenvalue weighted by atomic mass is 32.2. The molecule has 8 heteroatoms. The molecular weight excluding hydrogens is 367 g/mol. The summed E-state index contributed by atoms with van der Waals surface area (Å²) in [6.07, 6.45) is 0. The van der Waals surface area contributed by atoms with Crippen LogP contribution in [0.1, 0.15) is 22.8 Å². The van der Waals surface area contributed by atoms with E-state index < -0.39 is 5.51 Å². The van der Waals surface area contributed by atoms with E-state index in [4.69, 9.17) is 9.47 Å². The van der Waals surface area contributed by atoms with Crippen molar-refractivity contribution in [3.8, 4) is 11.5 Å². The van der Waals surface area contributed by atoms with Crippen LogP contribution in [0.4, 0.5) is 13.2 Å². The molecule has 0 aliphatic carbocycles. The van der Waals surface area contributed by atoms with Gasteiger partial charge in [0.1, 0.15) is 0 Å². The molecule has 0 saturated heterocycles. The number of nitrogens with zero attached hydrogens (tertiary/aromatic N) is 1. The van der Waals surface area contributed by atoms with E-state index in [0.29, 0.717) is 30.2 Å². The average molecular weight is 383 g/mol. The van der Waals surface area contributed by atoms with Crippen molar-refractivity contribution in [2.75, 3.05) is 13.3 Å². The summed E-state index contributed by atoms with van der Waals surface area (Å²) >= 11 is -0.201. The van der Waals surface area contributed by atoms with Crippen molar-refractivity contribution in [3.63, 3.8) is 0 Å². The van der Waals surface area contributed by atoms with Gasteiger partial charge in [0.15, 0.2) is 11.5 Å². The van der Waals surface area contributed by atoms with Gasteiger partial charge >= 0.3 is 5.51 Å². The van der Waals surface area contributed by atoms with Crippen molar-refractivity contribution in [3.05, 3.63) is 53.6 Å². The summed E-state index contributed by atoms with van der Waals surface area (Å²) in [5.41, 5.74) is -3.12. The highest BCUT2D eigenvalue weighted by Crippen LogP contribution is 2.37. The Kier molecular flexibility index (Phi) is 5.31. The van der Waals surface area contributed by atoms with Gasteiger partial charge in [0, 0.05) is 23.5 Å². The number of halogens is 3. The minimum atomic E-state index is -4.35. The zero-order chi connectivity index (χ0) is 18.7. The first-order valence-corrected chi connectivity index (χ1v) is 8.71. The largest absolute Gasteiger partial charge is 0.454 e. The molecule has 0 saturated carbocycles. The predicted octanol–water partition coefficient (Wildman–Crippen LogP) is 4.69. The van der Waals surface area contributed by atoms with Gasteiger partial charge in [-0.2, -0.15) is 13.2 Å². The van der Waals surface area contributed by atoms with Gasteiger partial charge in [-0.1, -0.05) is 6.07 Å². The van der Waals surface area contributed by atoms with E-state index >= 15 is 0 Å². The fraction of sp³-hybridized carbons (Fsp3) is 0.278. The van der Waals surface area contributed by atoms with Crippen LogP contribution >= 0.6 is 11.8 Å². The molecule has 26 heavy (non-hydrogen) atoms. The fourth-order valence-corrected chi connectivity index (χ4v) is 3.11. The number of carbonyl (C=O) groups is 1. The normalized spacial score (nSPS) is 12.9. The summed E-state index contributed by atoms with van der Waals surface area (Å²) in [6.45, 7) is 2.85. The number of alkyl halides is 3.